The Kier molecular flexibility index (Phi) is 7.46. The molecule has 1 heterocycles. The van der Waals surface area contributed by atoms with Crippen LogP contribution in [0.15, 0.2) is 48.8 Å². The fraction of sp³-hybridized carbons (Fsp3) is 0.350. The lowest BCUT2D eigenvalue weighted by Gasteiger charge is -2.13. The molecule has 0 amide bonds. The molecule has 0 N–H and O–H groups in total. The zero-order valence-corrected chi connectivity index (χ0v) is 14.6. The fourth-order valence-corrected chi connectivity index (χ4v) is 2.26. The molecule has 24 heavy (non-hydrogen) atoms. The lowest BCUT2D eigenvalue weighted by Crippen LogP contribution is -2.25. The standard InChI is InChI=1S/C20H26NO3/c1-21-14-12-18(13-15-21)7-6-17-8-10-19(11-9-17)24-16-4-5-20(22-2)23-3/h6-15,20H,4-5,16H2,1-3H3/q+1. The van der Waals surface area contributed by atoms with Crippen molar-refractivity contribution >= 4 is 12.2 Å². The summed E-state index contributed by atoms with van der Waals surface area (Å²) in [5.74, 6) is 0.880. The third kappa shape index (κ3) is 6.14. The monoisotopic (exact) mass is 328 g/mol. The molecule has 0 aliphatic rings. The third-order valence-corrected chi connectivity index (χ3v) is 3.73. The van der Waals surface area contributed by atoms with Crippen LogP contribution >= 0.6 is 0 Å². The molecule has 0 radical (unpaired) electrons. The Morgan fingerprint density at radius 2 is 1.50 bits per heavy atom. The predicted molar refractivity (Wildman–Crippen MR) is 95.5 cm³/mol. The van der Waals surface area contributed by atoms with Crippen molar-refractivity contribution in [1.82, 2.24) is 0 Å². The van der Waals surface area contributed by atoms with Crippen LogP contribution in [0, 0.1) is 0 Å². The molecular formula is C20H26NO3+. The summed E-state index contributed by atoms with van der Waals surface area (Å²) in [5.41, 5.74) is 2.33. The van der Waals surface area contributed by atoms with Gasteiger partial charge < -0.3 is 14.2 Å². The normalized spacial score (nSPS) is 11.3. The maximum atomic E-state index is 5.74. The first kappa shape index (κ1) is 18.2. The molecule has 4 heteroatoms. The van der Waals surface area contributed by atoms with Crippen LogP contribution in [0.25, 0.3) is 12.2 Å². The summed E-state index contributed by atoms with van der Waals surface area (Å²) in [7, 11) is 5.31. The average Bonchev–Trinajstić information content (AvgIpc) is 2.62. The molecule has 0 fully saturated rings. The largest absolute Gasteiger partial charge is 0.494 e. The molecule has 1 aromatic carbocycles. The van der Waals surface area contributed by atoms with Gasteiger partial charge in [0.15, 0.2) is 18.7 Å². The minimum atomic E-state index is -0.152. The number of nitrogens with zero attached hydrogens (tertiary/aromatic N) is 1. The van der Waals surface area contributed by atoms with Crippen LogP contribution < -0.4 is 9.30 Å². The maximum Gasteiger partial charge on any atom is 0.169 e. The van der Waals surface area contributed by atoms with Crippen LogP contribution in [0.5, 0.6) is 5.75 Å². The highest BCUT2D eigenvalue weighted by molar-refractivity contribution is 5.69. The van der Waals surface area contributed by atoms with E-state index in [0.717, 1.165) is 24.2 Å². The highest BCUT2D eigenvalue weighted by Crippen LogP contribution is 2.15. The predicted octanol–water partition coefficient (Wildman–Crippen LogP) is 3.46. The van der Waals surface area contributed by atoms with Gasteiger partial charge in [0, 0.05) is 32.8 Å². The lowest BCUT2D eigenvalue weighted by molar-refractivity contribution is -0.671. The molecule has 0 bridgehead atoms. The number of aromatic nitrogens is 1. The van der Waals surface area contributed by atoms with Gasteiger partial charge in [-0.25, -0.2) is 4.57 Å². The first-order valence-electron chi connectivity index (χ1n) is 8.13. The summed E-state index contributed by atoms with van der Waals surface area (Å²) in [4.78, 5) is 0. The van der Waals surface area contributed by atoms with E-state index in [4.69, 9.17) is 14.2 Å². The van der Waals surface area contributed by atoms with E-state index < -0.39 is 0 Å². The Morgan fingerprint density at radius 1 is 0.917 bits per heavy atom. The van der Waals surface area contributed by atoms with Crippen molar-refractivity contribution in [3.05, 3.63) is 59.9 Å². The molecule has 0 unspecified atom stereocenters. The van der Waals surface area contributed by atoms with Crippen molar-refractivity contribution in [2.45, 2.75) is 19.1 Å². The first-order chi connectivity index (χ1) is 11.7. The second kappa shape index (κ2) is 9.85. The number of aryl methyl sites for hydroxylation is 1. The van der Waals surface area contributed by atoms with Crippen molar-refractivity contribution in [3.63, 3.8) is 0 Å². The minimum absolute atomic E-state index is 0.152. The number of methoxy groups -OCH3 is 2. The van der Waals surface area contributed by atoms with E-state index in [9.17, 15) is 0 Å². The third-order valence-electron chi connectivity index (χ3n) is 3.73. The summed E-state index contributed by atoms with van der Waals surface area (Å²) >= 11 is 0. The number of hydrogen-bond acceptors (Lipinski definition) is 3. The van der Waals surface area contributed by atoms with E-state index in [1.807, 2.05) is 36.1 Å². The van der Waals surface area contributed by atoms with Crippen molar-refractivity contribution in [2.24, 2.45) is 7.05 Å². The van der Waals surface area contributed by atoms with E-state index in [0.29, 0.717) is 6.61 Å². The van der Waals surface area contributed by atoms with E-state index in [1.165, 1.54) is 5.56 Å². The van der Waals surface area contributed by atoms with Crippen LogP contribution in [0.1, 0.15) is 24.0 Å². The van der Waals surface area contributed by atoms with Gasteiger partial charge in [-0.05, 0) is 29.7 Å². The van der Waals surface area contributed by atoms with Crippen molar-refractivity contribution < 1.29 is 18.8 Å². The SMILES string of the molecule is COC(CCCOc1ccc(C=Cc2cc[n+](C)cc2)cc1)OC. The van der Waals surface area contributed by atoms with Crippen LogP contribution in [0.2, 0.25) is 0 Å². The molecular weight excluding hydrogens is 302 g/mol. The highest BCUT2D eigenvalue weighted by atomic mass is 16.7. The number of benzene rings is 1. The highest BCUT2D eigenvalue weighted by Gasteiger charge is 2.04. The van der Waals surface area contributed by atoms with Gasteiger partial charge in [0.05, 0.1) is 6.61 Å². The Bertz CT molecular complexity index is 616. The van der Waals surface area contributed by atoms with E-state index in [2.05, 4.69) is 36.4 Å². The molecule has 0 aliphatic heterocycles. The molecule has 0 atom stereocenters. The van der Waals surface area contributed by atoms with Crippen molar-refractivity contribution in [1.29, 1.82) is 0 Å². The Balaban J connectivity index is 1.79. The van der Waals surface area contributed by atoms with Gasteiger partial charge in [0.2, 0.25) is 0 Å². The van der Waals surface area contributed by atoms with Crippen LogP contribution in [0.3, 0.4) is 0 Å². The molecule has 2 aromatic rings. The summed E-state index contributed by atoms with van der Waals surface area (Å²) in [5, 5.41) is 0. The number of rotatable bonds is 9. The summed E-state index contributed by atoms with van der Waals surface area (Å²) in [6.45, 7) is 0.652. The summed E-state index contributed by atoms with van der Waals surface area (Å²) < 4.78 is 18.1. The number of hydrogen-bond donors (Lipinski definition) is 0. The molecule has 1 aromatic heterocycles. The second-order valence-electron chi connectivity index (χ2n) is 5.59. The van der Waals surface area contributed by atoms with Crippen molar-refractivity contribution in [2.75, 3.05) is 20.8 Å². The first-order valence-corrected chi connectivity index (χ1v) is 8.13. The average molecular weight is 328 g/mol. The quantitative estimate of drug-likeness (QED) is 0.401. The fourth-order valence-electron chi connectivity index (χ4n) is 2.26. The number of pyridine rings is 1. The van der Waals surface area contributed by atoms with E-state index in [1.54, 1.807) is 14.2 Å². The molecule has 0 aliphatic carbocycles. The van der Waals surface area contributed by atoms with E-state index >= 15 is 0 Å². The van der Waals surface area contributed by atoms with Gasteiger partial charge in [0.1, 0.15) is 12.8 Å². The summed E-state index contributed by atoms with van der Waals surface area (Å²) in [6, 6.07) is 12.3. The zero-order chi connectivity index (χ0) is 17.2. The van der Waals surface area contributed by atoms with Gasteiger partial charge >= 0.3 is 0 Å². The van der Waals surface area contributed by atoms with Crippen molar-refractivity contribution in [3.8, 4) is 5.75 Å². The molecule has 128 valence electrons. The minimum Gasteiger partial charge on any atom is -0.494 e. The number of ether oxygens (including phenoxy) is 3. The molecule has 0 saturated heterocycles. The van der Waals surface area contributed by atoms with Crippen LogP contribution in [0.4, 0.5) is 0 Å². The van der Waals surface area contributed by atoms with Gasteiger partial charge in [-0.15, -0.1) is 0 Å². The topological polar surface area (TPSA) is 31.6 Å². The molecule has 0 saturated carbocycles. The molecule has 0 spiro atoms. The molecule has 2 rings (SSSR count). The smallest absolute Gasteiger partial charge is 0.169 e. The Morgan fingerprint density at radius 3 is 2.08 bits per heavy atom. The van der Waals surface area contributed by atoms with Gasteiger partial charge in [-0.2, -0.15) is 0 Å². The second-order valence-corrected chi connectivity index (χ2v) is 5.59. The lowest BCUT2D eigenvalue weighted by atomic mass is 10.1. The van der Waals surface area contributed by atoms with Crippen LogP contribution in [-0.4, -0.2) is 27.1 Å². The Hall–Kier alpha value is -2.17. The van der Waals surface area contributed by atoms with Gasteiger partial charge in [-0.3, -0.25) is 0 Å². The van der Waals surface area contributed by atoms with Gasteiger partial charge in [-0.1, -0.05) is 24.3 Å². The summed E-state index contributed by atoms with van der Waals surface area (Å²) in [6.07, 6.45) is 9.83. The zero-order valence-electron chi connectivity index (χ0n) is 14.6. The Labute approximate surface area is 144 Å². The van der Waals surface area contributed by atoms with Crippen LogP contribution in [-0.2, 0) is 16.5 Å². The van der Waals surface area contributed by atoms with Gasteiger partial charge in [0.25, 0.3) is 0 Å². The maximum absolute atomic E-state index is 5.74. The molecule has 4 nitrogen and oxygen atoms in total. The van der Waals surface area contributed by atoms with E-state index in [-0.39, 0.29) is 6.29 Å².